The van der Waals surface area contributed by atoms with Crippen molar-refractivity contribution < 1.29 is 0 Å². The molecular formula is C15H25BrN2. The van der Waals surface area contributed by atoms with Crippen LogP contribution < -0.4 is 5.32 Å². The highest BCUT2D eigenvalue weighted by Gasteiger charge is 2.21. The van der Waals surface area contributed by atoms with Crippen molar-refractivity contribution in [3.8, 4) is 0 Å². The highest BCUT2D eigenvalue weighted by molar-refractivity contribution is 9.10. The molecule has 0 bridgehead atoms. The van der Waals surface area contributed by atoms with Crippen molar-refractivity contribution in [2.45, 2.75) is 45.8 Å². The van der Waals surface area contributed by atoms with Gasteiger partial charge < -0.3 is 5.32 Å². The van der Waals surface area contributed by atoms with Gasteiger partial charge in [-0.2, -0.15) is 0 Å². The minimum absolute atomic E-state index is 0.239. The molecule has 0 atom stereocenters. The lowest BCUT2D eigenvalue weighted by Gasteiger charge is -2.35. The van der Waals surface area contributed by atoms with Crippen LogP contribution in [0.3, 0.4) is 0 Å². The maximum atomic E-state index is 3.68. The maximum absolute atomic E-state index is 3.68. The van der Waals surface area contributed by atoms with Crippen LogP contribution >= 0.6 is 15.9 Å². The summed E-state index contributed by atoms with van der Waals surface area (Å²) >= 11 is 3.68. The monoisotopic (exact) mass is 312 g/mol. The number of nitrogens with one attached hydrogen (secondary N) is 1. The molecule has 18 heavy (non-hydrogen) atoms. The Hall–Kier alpha value is -0.380. The van der Waals surface area contributed by atoms with Gasteiger partial charge in [0.2, 0.25) is 0 Å². The molecule has 0 radical (unpaired) electrons. The summed E-state index contributed by atoms with van der Waals surface area (Å²) in [5.41, 5.74) is 2.90. The van der Waals surface area contributed by atoms with Gasteiger partial charge in [0.25, 0.3) is 0 Å². The molecule has 0 unspecified atom stereocenters. The van der Waals surface area contributed by atoms with Gasteiger partial charge in [0, 0.05) is 23.1 Å². The van der Waals surface area contributed by atoms with Crippen LogP contribution in [0.5, 0.6) is 0 Å². The van der Waals surface area contributed by atoms with E-state index in [-0.39, 0.29) is 5.54 Å². The summed E-state index contributed by atoms with van der Waals surface area (Å²) in [6.07, 6.45) is 1.15. The Morgan fingerprint density at radius 3 is 2.50 bits per heavy atom. The summed E-state index contributed by atoms with van der Waals surface area (Å²) in [5.74, 6) is 0. The minimum atomic E-state index is 0.239. The largest absolute Gasteiger partial charge is 0.316 e. The second kappa shape index (κ2) is 6.69. The van der Waals surface area contributed by atoms with E-state index in [1.165, 1.54) is 15.6 Å². The van der Waals surface area contributed by atoms with Crippen molar-refractivity contribution in [2.75, 3.05) is 14.1 Å². The van der Waals surface area contributed by atoms with Gasteiger partial charge in [-0.15, -0.1) is 0 Å². The molecular weight excluding hydrogens is 288 g/mol. The number of rotatable bonds is 6. The molecule has 1 N–H and O–H groups in total. The second-order valence-electron chi connectivity index (χ2n) is 5.48. The van der Waals surface area contributed by atoms with Crippen LogP contribution in [-0.4, -0.2) is 24.5 Å². The summed E-state index contributed by atoms with van der Waals surface area (Å²) < 4.78 is 1.20. The molecule has 0 fully saturated rings. The summed E-state index contributed by atoms with van der Waals surface area (Å²) in [6, 6.07) is 6.63. The molecule has 0 aliphatic rings. The van der Waals surface area contributed by atoms with E-state index < -0.39 is 0 Å². The zero-order valence-electron chi connectivity index (χ0n) is 12.2. The molecule has 0 heterocycles. The lowest BCUT2D eigenvalue weighted by molar-refractivity contribution is 0.143. The number of halogens is 1. The Kier molecular flexibility index (Phi) is 5.83. The fourth-order valence-electron chi connectivity index (χ4n) is 1.77. The first-order valence-electron chi connectivity index (χ1n) is 6.54. The van der Waals surface area contributed by atoms with Crippen molar-refractivity contribution in [2.24, 2.45) is 0 Å². The first kappa shape index (κ1) is 15.7. The quantitative estimate of drug-likeness (QED) is 0.859. The summed E-state index contributed by atoms with van der Waals surface area (Å²) in [4.78, 5) is 2.41. The summed E-state index contributed by atoms with van der Waals surface area (Å²) in [6.45, 7) is 8.70. The summed E-state index contributed by atoms with van der Waals surface area (Å²) in [7, 11) is 4.16. The van der Waals surface area contributed by atoms with E-state index in [1.807, 2.05) is 7.05 Å². The van der Waals surface area contributed by atoms with Gasteiger partial charge in [-0.05, 0) is 51.6 Å². The normalized spacial score (nSPS) is 12.2. The summed E-state index contributed by atoms with van der Waals surface area (Å²) in [5, 5.41) is 3.17. The van der Waals surface area contributed by atoms with E-state index in [1.54, 1.807) is 0 Å². The predicted molar refractivity (Wildman–Crippen MR) is 82.7 cm³/mol. The average Bonchev–Trinajstić information content (AvgIpc) is 2.32. The Balaban J connectivity index is 2.79. The van der Waals surface area contributed by atoms with E-state index in [0.717, 1.165) is 19.5 Å². The number of nitrogens with zero attached hydrogens (tertiary/aromatic N) is 1. The molecule has 0 spiro atoms. The van der Waals surface area contributed by atoms with Gasteiger partial charge in [-0.1, -0.05) is 35.0 Å². The molecule has 0 amide bonds. The van der Waals surface area contributed by atoms with Crippen LogP contribution in [0.4, 0.5) is 0 Å². The van der Waals surface area contributed by atoms with E-state index in [4.69, 9.17) is 0 Å². The van der Waals surface area contributed by atoms with Gasteiger partial charge >= 0.3 is 0 Å². The van der Waals surface area contributed by atoms with E-state index >= 15 is 0 Å². The van der Waals surface area contributed by atoms with Crippen molar-refractivity contribution in [3.63, 3.8) is 0 Å². The van der Waals surface area contributed by atoms with Crippen molar-refractivity contribution >= 4 is 15.9 Å². The molecule has 102 valence electrons. The first-order chi connectivity index (χ1) is 8.40. The Bertz CT molecular complexity index is 388. The van der Waals surface area contributed by atoms with Crippen LogP contribution in [0.2, 0.25) is 0 Å². The van der Waals surface area contributed by atoms with Crippen LogP contribution in [0, 0.1) is 0 Å². The van der Waals surface area contributed by atoms with Crippen LogP contribution in [0.25, 0.3) is 0 Å². The second-order valence-corrected chi connectivity index (χ2v) is 6.33. The van der Waals surface area contributed by atoms with Gasteiger partial charge in [-0.25, -0.2) is 0 Å². The minimum Gasteiger partial charge on any atom is -0.316 e. The highest BCUT2D eigenvalue weighted by atomic mass is 79.9. The highest BCUT2D eigenvalue weighted by Crippen LogP contribution is 2.24. The van der Waals surface area contributed by atoms with Crippen molar-refractivity contribution in [3.05, 3.63) is 33.8 Å². The van der Waals surface area contributed by atoms with E-state index in [2.05, 4.69) is 72.2 Å². The average molecular weight is 313 g/mol. The molecule has 0 saturated carbocycles. The third-order valence-corrected chi connectivity index (χ3v) is 4.54. The third-order valence-electron chi connectivity index (χ3n) is 3.80. The Labute approximate surface area is 120 Å². The lowest BCUT2D eigenvalue weighted by atomic mass is 9.99. The third kappa shape index (κ3) is 4.08. The Morgan fingerprint density at radius 1 is 1.33 bits per heavy atom. The standard InChI is InChI=1S/C15H25BrN2/c1-6-15(2,3)18(5)11-13-8-7-12(10-17-4)9-14(13)16/h7-9,17H,6,10-11H2,1-5H3. The van der Waals surface area contributed by atoms with Crippen LogP contribution in [0.15, 0.2) is 22.7 Å². The fraction of sp³-hybridized carbons (Fsp3) is 0.600. The van der Waals surface area contributed by atoms with Crippen LogP contribution in [0.1, 0.15) is 38.3 Å². The molecule has 1 aromatic rings. The van der Waals surface area contributed by atoms with Gasteiger partial charge in [-0.3, -0.25) is 4.90 Å². The molecule has 1 rings (SSSR count). The maximum Gasteiger partial charge on any atom is 0.0247 e. The van der Waals surface area contributed by atoms with Gasteiger partial charge in [0.1, 0.15) is 0 Å². The molecule has 0 saturated heterocycles. The van der Waals surface area contributed by atoms with E-state index in [0.29, 0.717) is 0 Å². The molecule has 1 aromatic carbocycles. The molecule has 0 aliphatic heterocycles. The SMILES string of the molecule is CCC(C)(C)N(C)Cc1ccc(CNC)cc1Br. The zero-order valence-corrected chi connectivity index (χ0v) is 13.8. The molecule has 3 heteroatoms. The first-order valence-corrected chi connectivity index (χ1v) is 7.33. The molecule has 0 aromatic heterocycles. The topological polar surface area (TPSA) is 15.3 Å². The van der Waals surface area contributed by atoms with Crippen LogP contribution in [-0.2, 0) is 13.1 Å². The molecule has 0 aliphatic carbocycles. The number of hydrogen-bond acceptors (Lipinski definition) is 2. The predicted octanol–water partition coefficient (Wildman–Crippen LogP) is 3.79. The molecule has 2 nitrogen and oxygen atoms in total. The lowest BCUT2D eigenvalue weighted by Crippen LogP contribution is -2.39. The van der Waals surface area contributed by atoms with Crippen molar-refractivity contribution in [1.29, 1.82) is 0 Å². The number of hydrogen-bond donors (Lipinski definition) is 1. The number of benzene rings is 1. The Morgan fingerprint density at radius 2 is 2.00 bits per heavy atom. The smallest absolute Gasteiger partial charge is 0.0247 e. The fourth-order valence-corrected chi connectivity index (χ4v) is 2.32. The zero-order chi connectivity index (χ0) is 13.8. The van der Waals surface area contributed by atoms with Gasteiger partial charge in [0.05, 0.1) is 0 Å². The van der Waals surface area contributed by atoms with E-state index in [9.17, 15) is 0 Å². The van der Waals surface area contributed by atoms with Crippen molar-refractivity contribution in [1.82, 2.24) is 10.2 Å². The van der Waals surface area contributed by atoms with Gasteiger partial charge in [0.15, 0.2) is 0 Å².